The average Bonchev–Trinajstić information content (AvgIpc) is 2.07. The van der Waals surface area contributed by atoms with Gasteiger partial charge in [0, 0.05) is 0 Å². The van der Waals surface area contributed by atoms with Gasteiger partial charge in [0.2, 0.25) is 0 Å². The van der Waals surface area contributed by atoms with Crippen LogP contribution in [0.5, 0.6) is 0 Å². The molecule has 0 aromatic heterocycles. The Balaban J connectivity index is 5.02. The molecule has 0 saturated carbocycles. The van der Waals surface area contributed by atoms with E-state index < -0.39 is 50.0 Å². The molecule has 0 atom stereocenters. The van der Waals surface area contributed by atoms with Gasteiger partial charge in [-0.05, 0) is 6.92 Å². The van der Waals surface area contributed by atoms with Gasteiger partial charge in [0.15, 0.2) is 0 Å². The Morgan fingerprint density at radius 1 is 0.789 bits per heavy atom. The first-order valence-electron chi connectivity index (χ1n) is 4.04. The molecule has 3 N–H and O–H groups in total. The standard InChI is InChI=1S/C4H10O12S3/c1-4(16-19(11,12)13,2-14-17(5,6)7)3-15-18(8,9)10/h2-3H2,1H3,(H,5,6,7)(H,8,9,10)(H,11,12,13). The summed E-state index contributed by atoms with van der Waals surface area (Å²) in [6, 6.07) is 0. The van der Waals surface area contributed by atoms with Crippen molar-refractivity contribution in [3.8, 4) is 0 Å². The van der Waals surface area contributed by atoms with Crippen LogP contribution in [0.1, 0.15) is 6.92 Å². The molecule has 0 radical (unpaired) electrons. The predicted molar refractivity (Wildman–Crippen MR) is 56.0 cm³/mol. The third-order valence-corrected chi connectivity index (χ3v) is 2.78. The Morgan fingerprint density at radius 3 is 1.32 bits per heavy atom. The Labute approximate surface area is 109 Å². The van der Waals surface area contributed by atoms with Crippen LogP contribution >= 0.6 is 0 Å². The highest BCUT2D eigenvalue weighted by Crippen LogP contribution is 2.16. The molecule has 15 heteroatoms. The van der Waals surface area contributed by atoms with Crippen molar-refractivity contribution in [1.29, 1.82) is 0 Å². The van der Waals surface area contributed by atoms with Crippen LogP contribution in [0.3, 0.4) is 0 Å². The predicted octanol–water partition coefficient (Wildman–Crippen LogP) is -1.80. The Kier molecular flexibility index (Phi) is 5.81. The number of hydrogen-bond donors (Lipinski definition) is 3. The normalized spacial score (nSPS) is 14.5. The van der Waals surface area contributed by atoms with Crippen LogP contribution in [0.25, 0.3) is 0 Å². The Bertz CT molecular complexity index is 559. The van der Waals surface area contributed by atoms with E-state index in [0.717, 1.165) is 6.92 Å². The first-order chi connectivity index (χ1) is 8.12. The molecule has 0 aliphatic carbocycles. The van der Waals surface area contributed by atoms with E-state index in [1.807, 2.05) is 0 Å². The van der Waals surface area contributed by atoms with E-state index in [-0.39, 0.29) is 0 Å². The maximum Gasteiger partial charge on any atom is 0.398 e. The van der Waals surface area contributed by atoms with Crippen molar-refractivity contribution >= 4 is 31.2 Å². The zero-order chi connectivity index (χ0) is 15.5. The lowest BCUT2D eigenvalue weighted by atomic mass is 10.1. The third-order valence-electron chi connectivity index (χ3n) is 1.33. The average molecular weight is 346 g/mol. The van der Waals surface area contributed by atoms with Gasteiger partial charge in [-0.3, -0.25) is 13.7 Å². The monoisotopic (exact) mass is 346 g/mol. The van der Waals surface area contributed by atoms with Gasteiger partial charge in [-0.2, -0.15) is 25.3 Å². The fraction of sp³-hybridized carbons (Fsp3) is 1.00. The molecular formula is C4H10O12S3. The van der Waals surface area contributed by atoms with Crippen molar-refractivity contribution in [2.75, 3.05) is 13.2 Å². The Morgan fingerprint density at radius 2 is 1.11 bits per heavy atom. The van der Waals surface area contributed by atoms with Gasteiger partial charge >= 0.3 is 31.2 Å². The lowest BCUT2D eigenvalue weighted by Gasteiger charge is -2.25. The van der Waals surface area contributed by atoms with Gasteiger partial charge in [0.1, 0.15) is 18.8 Å². The van der Waals surface area contributed by atoms with Crippen LogP contribution in [0.15, 0.2) is 0 Å². The summed E-state index contributed by atoms with van der Waals surface area (Å²) in [4.78, 5) is 0. The van der Waals surface area contributed by atoms with Crippen molar-refractivity contribution in [1.82, 2.24) is 0 Å². The van der Waals surface area contributed by atoms with E-state index in [2.05, 4.69) is 12.5 Å². The van der Waals surface area contributed by atoms with E-state index in [4.69, 9.17) is 13.7 Å². The quantitative estimate of drug-likeness (QED) is 0.418. The lowest BCUT2D eigenvalue weighted by molar-refractivity contribution is -0.00860. The molecule has 0 aliphatic rings. The van der Waals surface area contributed by atoms with E-state index in [0.29, 0.717) is 0 Å². The molecule has 0 aliphatic heterocycles. The molecule has 0 amide bonds. The van der Waals surface area contributed by atoms with Crippen molar-refractivity contribution in [3.05, 3.63) is 0 Å². The van der Waals surface area contributed by atoms with Crippen LogP contribution in [-0.2, 0) is 43.7 Å². The van der Waals surface area contributed by atoms with Crippen LogP contribution in [-0.4, -0.2) is 57.7 Å². The molecule has 116 valence electrons. The van der Waals surface area contributed by atoms with Crippen LogP contribution < -0.4 is 0 Å². The lowest BCUT2D eigenvalue weighted by Crippen LogP contribution is -2.42. The number of hydrogen-bond acceptors (Lipinski definition) is 9. The molecule has 12 nitrogen and oxygen atoms in total. The fourth-order valence-electron chi connectivity index (χ4n) is 0.742. The summed E-state index contributed by atoms with van der Waals surface area (Å²) in [6.45, 7) is -1.71. The van der Waals surface area contributed by atoms with E-state index in [1.54, 1.807) is 0 Å². The zero-order valence-electron chi connectivity index (χ0n) is 9.15. The van der Waals surface area contributed by atoms with E-state index in [1.165, 1.54) is 0 Å². The summed E-state index contributed by atoms with van der Waals surface area (Å²) >= 11 is 0. The third kappa shape index (κ3) is 11.2. The van der Waals surface area contributed by atoms with Gasteiger partial charge in [-0.25, -0.2) is 12.5 Å². The van der Waals surface area contributed by atoms with Gasteiger partial charge in [0.05, 0.1) is 0 Å². The van der Waals surface area contributed by atoms with Crippen molar-refractivity contribution < 1.29 is 51.5 Å². The molecule has 19 heavy (non-hydrogen) atoms. The molecule has 0 spiro atoms. The second kappa shape index (κ2) is 5.94. The summed E-state index contributed by atoms with van der Waals surface area (Å²) in [7, 11) is -15.1. The van der Waals surface area contributed by atoms with Gasteiger partial charge in [0.25, 0.3) is 0 Å². The minimum atomic E-state index is -5.13. The largest absolute Gasteiger partial charge is 0.398 e. The molecule has 0 bridgehead atoms. The Hall–Kier alpha value is -0.390. The van der Waals surface area contributed by atoms with Crippen molar-refractivity contribution in [3.63, 3.8) is 0 Å². The molecule has 0 saturated heterocycles. The molecule has 0 unspecified atom stereocenters. The van der Waals surface area contributed by atoms with E-state index >= 15 is 0 Å². The highest BCUT2D eigenvalue weighted by atomic mass is 32.3. The molecule has 0 fully saturated rings. The fourth-order valence-corrected chi connectivity index (χ4v) is 2.14. The summed E-state index contributed by atoms with van der Waals surface area (Å²) in [6.07, 6.45) is 0. The molecule has 0 aromatic rings. The smallest absolute Gasteiger partial charge is 0.264 e. The second-order valence-corrected chi connectivity index (χ2v) is 6.55. The summed E-state index contributed by atoms with van der Waals surface area (Å²) in [5.74, 6) is 0. The zero-order valence-corrected chi connectivity index (χ0v) is 11.6. The maximum atomic E-state index is 10.5. The SMILES string of the molecule is CC(COS(=O)(=O)O)(COS(=O)(=O)O)OS(=O)(=O)O. The molecule has 0 aromatic carbocycles. The highest BCUT2D eigenvalue weighted by molar-refractivity contribution is 7.81. The topological polar surface area (TPSA) is 191 Å². The highest BCUT2D eigenvalue weighted by Gasteiger charge is 2.35. The number of rotatable bonds is 8. The molecule has 0 rings (SSSR count). The minimum absolute atomic E-state index is 0.761. The molecular weight excluding hydrogens is 336 g/mol. The van der Waals surface area contributed by atoms with Gasteiger partial charge in [-0.1, -0.05) is 0 Å². The summed E-state index contributed by atoms with van der Waals surface area (Å²) < 4.78 is 98.7. The summed E-state index contributed by atoms with van der Waals surface area (Å²) in [5.41, 5.74) is -2.36. The van der Waals surface area contributed by atoms with Crippen molar-refractivity contribution in [2.24, 2.45) is 0 Å². The molecule has 0 heterocycles. The van der Waals surface area contributed by atoms with E-state index in [9.17, 15) is 25.3 Å². The first kappa shape index (κ1) is 18.6. The second-order valence-electron chi connectivity index (χ2n) is 3.34. The summed E-state index contributed by atoms with van der Waals surface area (Å²) in [5, 5.41) is 0. The first-order valence-corrected chi connectivity index (χ1v) is 8.13. The van der Waals surface area contributed by atoms with Crippen LogP contribution in [0.2, 0.25) is 0 Å². The van der Waals surface area contributed by atoms with Crippen LogP contribution in [0, 0.1) is 0 Å². The minimum Gasteiger partial charge on any atom is -0.264 e. The van der Waals surface area contributed by atoms with Crippen LogP contribution in [0.4, 0.5) is 0 Å². The van der Waals surface area contributed by atoms with Gasteiger partial charge in [-0.15, -0.1) is 0 Å². The van der Waals surface area contributed by atoms with Gasteiger partial charge < -0.3 is 0 Å². The maximum absolute atomic E-state index is 10.5. The van der Waals surface area contributed by atoms with Crippen molar-refractivity contribution in [2.45, 2.75) is 12.5 Å².